The lowest BCUT2D eigenvalue weighted by Crippen LogP contribution is -2.50. The van der Waals surface area contributed by atoms with Crippen LogP contribution in [0.25, 0.3) is 0 Å². The van der Waals surface area contributed by atoms with Crippen LogP contribution in [0, 0.1) is 5.92 Å². The van der Waals surface area contributed by atoms with Gasteiger partial charge in [-0.25, -0.2) is 14.5 Å². The Bertz CT molecular complexity index is 1170. The van der Waals surface area contributed by atoms with E-state index in [9.17, 15) is 26.4 Å². The number of hydrazone groups is 1. The van der Waals surface area contributed by atoms with E-state index in [0.717, 1.165) is 20.4 Å². The van der Waals surface area contributed by atoms with Crippen molar-refractivity contribution < 1.29 is 26.4 Å². The van der Waals surface area contributed by atoms with Crippen molar-refractivity contribution in [2.45, 2.75) is 24.9 Å². The zero-order valence-electron chi connectivity index (χ0n) is 17.9. The fourth-order valence-electron chi connectivity index (χ4n) is 4.11. The Morgan fingerprint density at radius 3 is 2.24 bits per heavy atom. The number of carbonyl (C=O) groups excluding carboxylic acids is 1. The van der Waals surface area contributed by atoms with Crippen molar-refractivity contribution in [3.63, 3.8) is 0 Å². The topological polar surface area (TPSA) is 82.1 Å². The molecule has 1 fully saturated rings. The first-order valence-electron chi connectivity index (χ1n) is 10.6. The van der Waals surface area contributed by atoms with E-state index in [4.69, 9.17) is 11.6 Å². The van der Waals surface area contributed by atoms with Crippen molar-refractivity contribution >= 4 is 33.6 Å². The van der Waals surface area contributed by atoms with E-state index in [2.05, 4.69) is 5.10 Å². The standard InChI is InChI=1S/C22H22ClF3N4O3S/c23-18-8-6-16(7-9-18)20-19(15-4-2-1-3-5-15)14-30(27-20)21(31)28-34(32,33)29-12-10-17(11-13-29)22(24,25)26/h1-9,17,19H,10-14H2,(H,28,31). The SMILES string of the molecule is O=C(NS(=O)(=O)N1CCC(C(F)(F)F)CC1)N1CC(c2ccccc2)C(c2ccc(Cl)cc2)=N1. The van der Waals surface area contributed by atoms with E-state index >= 15 is 0 Å². The number of nitrogens with one attached hydrogen (secondary N) is 1. The molecule has 1 atom stereocenters. The van der Waals surface area contributed by atoms with Gasteiger partial charge in [-0.3, -0.25) is 0 Å². The van der Waals surface area contributed by atoms with Gasteiger partial charge in [0.05, 0.1) is 18.2 Å². The van der Waals surface area contributed by atoms with Crippen molar-refractivity contribution in [3.8, 4) is 0 Å². The highest BCUT2D eigenvalue weighted by atomic mass is 35.5. The second kappa shape index (κ2) is 9.55. The highest BCUT2D eigenvalue weighted by molar-refractivity contribution is 7.87. The third kappa shape index (κ3) is 5.37. The van der Waals surface area contributed by atoms with Crippen LogP contribution in [0.5, 0.6) is 0 Å². The molecule has 1 N–H and O–H groups in total. The van der Waals surface area contributed by atoms with Crippen LogP contribution in [0.1, 0.15) is 29.9 Å². The maximum Gasteiger partial charge on any atom is 0.391 e. The molecule has 0 spiro atoms. The molecule has 12 heteroatoms. The fraction of sp³-hybridized carbons (Fsp3) is 0.364. The average Bonchev–Trinajstić information content (AvgIpc) is 3.25. The molecule has 0 saturated carbocycles. The largest absolute Gasteiger partial charge is 0.391 e. The summed E-state index contributed by atoms with van der Waals surface area (Å²) in [7, 11) is -4.32. The first-order chi connectivity index (χ1) is 16.0. The minimum atomic E-state index is -4.37. The summed E-state index contributed by atoms with van der Waals surface area (Å²) < 4.78 is 66.8. The van der Waals surface area contributed by atoms with Crippen LogP contribution in [0.3, 0.4) is 0 Å². The first-order valence-corrected chi connectivity index (χ1v) is 12.4. The number of hydrogen-bond donors (Lipinski definition) is 1. The third-order valence-electron chi connectivity index (χ3n) is 5.96. The number of piperidine rings is 1. The molecule has 1 unspecified atom stereocenters. The number of benzene rings is 2. The van der Waals surface area contributed by atoms with Gasteiger partial charge in [-0.1, -0.05) is 54.1 Å². The van der Waals surface area contributed by atoms with E-state index in [-0.39, 0.29) is 38.4 Å². The lowest BCUT2D eigenvalue weighted by Gasteiger charge is -2.32. The number of urea groups is 1. The Morgan fingerprint density at radius 1 is 1.03 bits per heavy atom. The predicted octanol–water partition coefficient (Wildman–Crippen LogP) is 4.37. The molecule has 2 aromatic carbocycles. The van der Waals surface area contributed by atoms with Crippen molar-refractivity contribution in [1.82, 2.24) is 14.0 Å². The smallest absolute Gasteiger partial charge is 0.245 e. The van der Waals surface area contributed by atoms with Gasteiger partial charge in [0, 0.05) is 24.0 Å². The monoisotopic (exact) mass is 514 g/mol. The van der Waals surface area contributed by atoms with Gasteiger partial charge in [-0.2, -0.15) is 31.0 Å². The lowest BCUT2D eigenvalue weighted by atomic mass is 9.91. The van der Waals surface area contributed by atoms with Gasteiger partial charge in [-0.15, -0.1) is 0 Å². The minimum Gasteiger partial charge on any atom is -0.245 e. The molecule has 0 aromatic heterocycles. The summed E-state index contributed by atoms with van der Waals surface area (Å²) in [6.07, 6.45) is -5.07. The number of amides is 2. The highest BCUT2D eigenvalue weighted by Crippen LogP contribution is 2.35. The lowest BCUT2D eigenvalue weighted by molar-refractivity contribution is -0.182. The average molecular weight is 515 g/mol. The highest BCUT2D eigenvalue weighted by Gasteiger charge is 2.43. The second-order valence-corrected chi connectivity index (χ2v) is 10.3. The van der Waals surface area contributed by atoms with Gasteiger partial charge < -0.3 is 0 Å². The van der Waals surface area contributed by atoms with Gasteiger partial charge in [0.25, 0.3) is 0 Å². The summed E-state index contributed by atoms with van der Waals surface area (Å²) in [5, 5.41) is 5.95. The summed E-state index contributed by atoms with van der Waals surface area (Å²) in [6.45, 7) is -0.545. The quantitative estimate of drug-likeness (QED) is 0.657. The molecule has 182 valence electrons. The zero-order chi connectivity index (χ0) is 24.5. The molecule has 2 aliphatic heterocycles. The third-order valence-corrected chi connectivity index (χ3v) is 7.69. The van der Waals surface area contributed by atoms with E-state index in [0.29, 0.717) is 10.7 Å². The van der Waals surface area contributed by atoms with Crippen molar-refractivity contribution in [2.24, 2.45) is 11.0 Å². The van der Waals surface area contributed by atoms with Crippen LogP contribution in [0.4, 0.5) is 18.0 Å². The van der Waals surface area contributed by atoms with Gasteiger partial charge in [0.15, 0.2) is 0 Å². The molecule has 2 heterocycles. The van der Waals surface area contributed by atoms with Crippen molar-refractivity contribution in [3.05, 3.63) is 70.7 Å². The molecular weight excluding hydrogens is 493 g/mol. The number of hydrogen-bond acceptors (Lipinski definition) is 4. The molecule has 0 bridgehead atoms. The van der Waals surface area contributed by atoms with Crippen LogP contribution in [-0.4, -0.2) is 55.3 Å². The van der Waals surface area contributed by atoms with Crippen LogP contribution in [0.2, 0.25) is 5.02 Å². The zero-order valence-corrected chi connectivity index (χ0v) is 19.4. The number of halogens is 4. The number of carbonyl (C=O) groups is 1. The Kier molecular flexibility index (Phi) is 6.88. The maximum atomic E-state index is 12.9. The first kappa shape index (κ1) is 24.5. The van der Waals surface area contributed by atoms with Gasteiger partial charge in [0.1, 0.15) is 0 Å². The minimum absolute atomic E-state index is 0.0967. The molecule has 0 radical (unpaired) electrons. The second-order valence-electron chi connectivity index (χ2n) is 8.16. The molecule has 2 amide bonds. The summed E-state index contributed by atoms with van der Waals surface area (Å²) in [5.74, 6) is -1.86. The molecule has 34 heavy (non-hydrogen) atoms. The molecule has 0 aliphatic carbocycles. The number of nitrogens with zero attached hydrogens (tertiary/aromatic N) is 3. The van der Waals surface area contributed by atoms with Crippen molar-refractivity contribution in [2.75, 3.05) is 19.6 Å². The Labute approximate surface area is 200 Å². The number of alkyl halides is 3. The van der Waals surface area contributed by atoms with Gasteiger partial charge >= 0.3 is 22.4 Å². The molecule has 7 nitrogen and oxygen atoms in total. The summed E-state index contributed by atoms with van der Waals surface area (Å²) in [6, 6.07) is 15.3. The van der Waals surface area contributed by atoms with E-state index < -0.39 is 28.3 Å². The van der Waals surface area contributed by atoms with Crippen LogP contribution < -0.4 is 4.72 Å². The summed E-state index contributed by atoms with van der Waals surface area (Å²) >= 11 is 5.98. The van der Waals surface area contributed by atoms with Gasteiger partial charge in [-0.05, 0) is 36.1 Å². The molecule has 4 rings (SSSR count). The van der Waals surface area contributed by atoms with Crippen LogP contribution in [-0.2, 0) is 10.2 Å². The van der Waals surface area contributed by atoms with E-state index in [1.54, 1.807) is 24.3 Å². The molecule has 1 saturated heterocycles. The van der Waals surface area contributed by atoms with Crippen molar-refractivity contribution in [1.29, 1.82) is 0 Å². The normalized spacial score (nSPS) is 20.3. The predicted molar refractivity (Wildman–Crippen MR) is 122 cm³/mol. The molecule has 2 aromatic rings. The summed E-state index contributed by atoms with van der Waals surface area (Å²) in [4.78, 5) is 12.8. The molecule has 2 aliphatic rings. The molecular formula is C22H22ClF3N4O3S. The van der Waals surface area contributed by atoms with E-state index in [1.165, 1.54) is 0 Å². The van der Waals surface area contributed by atoms with Gasteiger partial charge in [0.2, 0.25) is 0 Å². The number of rotatable bonds is 4. The Balaban J connectivity index is 1.51. The summed E-state index contributed by atoms with van der Waals surface area (Å²) in [5.41, 5.74) is 2.19. The fourth-order valence-corrected chi connectivity index (χ4v) is 5.38. The van der Waals surface area contributed by atoms with Crippen LogP contribution in [0.15, 0.2) is 59.7 Å². The van der Waals surface area contributed by atoms with E-state index in [1.807, 2.05) is 35.1 Å². The maximum absolute atomic E-state index is 12.9. The van der Waals surface area contributed by atoms with Crippen LogP contribution >= 0.6 is 11.6 Å². The Morgan fingerprint density at radius 2 is 1.65 bits per heavy atom. The Hall–Kier alpha value is -2.63.